The van der Waals surface area contributed by atoms with E-state index in [0.717, 1.165) is 16.9 Å². The van der Waals surface area contributed by atoms with Crippen molar-refractivity contribution >= 4 is 55.7 Å². The molecule has 38 heavy (non-hydrogen) atoms. The summed E-state index contributed by atoms with van der Waals surface area (Å²) in [6.07, 6.45) is 1.54. The number of ketones is 1. The van der Waals surface area contributed by atoms with E-state index in [4.69, 9.17) is 16.3 Å². The molecule has 1 fully saturated rings. The van der Waals surface area contributed by atoms with Crippen LogP contribution in [0, 0.1) is 5.82 Å². The molecule has 0 spiro atoms. The number of amides is 1. The number of nitrogens with zero attached hydrogens (tertiary/aromatic N) is 3. The molecule has 5 rings (SSSR count). The summed E-state index contributed by atoms with van der Waals surface area (Å²) in [5.41, 5.74) is 1.85. The van der Waals surface area contributed by atoms with Crippen LogP contribution in [0.1, 0.15) is 49.6 Å². The van der Waals surface area contributed by atoms with Crippen molar-refractivity contribution in [1.29, 1.82) is 0 Å². The van der Waals surface area contributed by atoms with Crippen molar-refractivity contribution in [3.63, 3.8) is 0 Å². The summed E-state index contributed by atoms with van der Waals surface area (Å²) in [7, 11) is 0. The predicted molar refractivity (Wildman–Crippen MR) is 145 cm³/mol. The minimum atomic E-state index is -1.05. The van der Waals surface area contributed by atoms with Gasteiger partial charge in [0.15, 0.2) is 5.13 Å². The van der Waals surface area contributed by atoms with Gasteiger partial charge in [-0.05, 0) is 60.9 Å². The van der Waals surface area contributed by atoms with Crippen molar-refractivity contribution in [2.45, 2.75) is 32.7 Å². The average Bonchev–Trinajstić information content (AvgIpc) is 3.42. The standard InChI is InChI=1S/C28H23ClFN3O4S/c1-4-37-21-9-8-15(11-16(21)14(2)3)25(34)23-24(19-7-5-6-10-31-19)33(27(36)26(23)35)28-32-20-12-17(29)18(30)13-22(20)38-28/h5-14,24,34H,4H2,1-3H3/b25-23+. The van der Waals surface area contributed by atoms with Crippen LogP contribution in [0.25, 0.3) is 16.0 Å². The quantitative estimate of drug-likeness (QED) is 0.164. The molecule has 1 unspecified atom stereocenters. The van der Waals surface area contributed by atoms with Gasteiger partial charge in [-0.25, -0.2) is 9.37 Å². The average molecular weight is 552 g/mol. The Morgan fingerprint density at radius 1 is 1.21 bits per heavy atom. The molecule has 1 saturated heterocycles. The van der Waals surface area contributed by atoms with Gasteiger partial charge < -0.3 is 9.84 Å². The molecule has 0 bridgehead atoms. The first-order valence-electron chi connectivity index (χ1n) is 12.0. The number of aromatic nitrogens is 2. The molecular weight excluding hydrogens is 529 g/mol. The highest BCUT2D eigenvalue weighted by Crippen LogP contribution is 2.44. The van der Waals surface area contributed by atoms with Gasteiger partial charge in [-0.2, -0.15) is 0 Å². The fraction of sp³-hybridized carbons (Fsp3) is 0.214. The highest BCUT2D eigenvalue weighted by molar-refractivity contribution is 7.22. The maximum Gasteiger partial charge on any atom is 0.301 e. The molecular formula is C28H23ClFN3O4S. The van der Waals surface area contributed by atoms with Crippen LogP contribution in [-0.4, -0.2) is 33.4 Å². The van der Waals surface area contributed by atoms with Crippen molar-refractivity contribution in [1.82, 2.24) is 9.97 Å². The van der Waals surface area contributed by atoms with E-state index >= 15 is 0 Å². The second kappa shape index (κ2) is 10.2. The number of thiazole rings is 1. The molecule has 1 aliphatic heterocycles. The minimum Gasteiger partial charge on any atom is -0.507 e. The van der Waals surface area contributed by atoms with Crippen LogP contribution in [0.5, 0.6) is 5.75 Å². The molecule has 7 nitrogen and oxygen atoms in total. The molecule has 10 heteroatoms. The molecule has 194 valence electrons. The van der Waals surface area contributed by atoms with Crippen molar-refractivity contribution < 1.29 is 23.8 Å². The van der Waals surface area contributed by atoms with Crippen LogP contribution in [-0.2, 0) is 9.59 Å². The highest BCUT2D eigenvalue weighted by Gasteiger charge is 2.49. The third-order valence-corrected chi connectivity index (χ3v) is 7.55. The molecule has 1 atom stereocenters. The zero-order valence-electron chi connectivity index (χ0n) is 20.7. The van der Waals surface area contributed by atoms with Gasteiger partial charge in [-0.3, -0.25) is 19.5 Å². The Morgan fingerprint density at radius 2 is 2.00 bits per heavy atom. The Morgan fingerprint density at radius 3 is 2.68 bits per heavy atom. The number of carbonyl (C=O) groups is 2. The third-order valence-electron chi connectivity index (χ3n) is 6.24. The molecule has 1 N–H and O–H groups in total. The van der Waals surface area contributed by atoms with Gasteiger partial charge >= 0.3 is 5.91 Å². The zero-order chi connectivity index (χ0) is 27.1. The van der Waals surface area contributed by atoms with Gasteiger partial charge in [-0.15, -0.1) is 0 Å². The number of halogens is 2. The topological polar surface area (TPSA) is 92.6 Å². The summed E-state index contributed by atoms with van der Waals surface area (Å²) in [4.78, 5) is 36.9. The van der Waals surface area contributed by atoms with Crippen LogP contribution in [0.15, 0.2) is 60.3 Å². The second-order valence-electron chi connectivity index (χ2n) is 8.99. The molecule has 0 radical (unpaired) electrons. The van der Waals surface area contributed by atoms with Crippen LogP contribution >= 0.6 is 22.9 Å². The number of carbonyl (C=O) groups excluding carboxylic acids is 2. The Kier molecular flexibility index (Phi) is 6.90. The summed E-state index contributed by atoms with van der Waals surface area (Å²) >= 11 is 6.97. The second-order valence-corrected chi connectivity index (χ2v) is 10.4. The van der Waals surface area contributed by atoms with E-state index in [1.807, 2.05) is 20.8 Å². The molecule has 1 amide bonds. The van der Waals surface area contributed by atoms with Gasteiger partial charge in [-0.1, -0.05) is 42.9 Å². The largest absolute Gasteiger partial charge is 0.507 e. The SMILES string of the molecule is CCOc1ccc(/C(O)=C2\C(=O)C(=O)N(c3nc4cc(Cl)c(F)cc4s3)C2c2ccccn2)cc1C(C)C. The fourth-order valence-corrected chi connectivity index (χ4v) is 5.61. The molecule has 0 saturated carbocycles. The number of aliphatic hydroxyl groups is 1. The lowest BCUT2D eigenvalue weighted by Crippen LogP contribution is -2.29. The smallest absolute Gasteiger partial charge is 0.301 e. The first-order chi connectivity index (χ1) is 18.2. The Bertz CT molecular complexity index is 1560. The van der Waals surface area contributed by atoms with Crippen molar-refractivity contribution in [2.75, 3.05) is 11.5 Å². The van der Waals surface area contributed by atoms with Gasteiger partial charge in [0, 0.05) is 11.8 Å². The maximum absolute atomic E-state index is 14.1. The van der Waals surface area contributed by atoms with Gasteiger partial charge in [0.2, 0.25) is 0 Å². The predicted octanol–water partition coefficient (Wildman–Crippen LogP) is 6.63. The summed E-state index contributed by atoms with van der Waals surface area (Å²) < 4.78 is 20.3. The highest BCUT2D eigenvalue weighted by atomic mass is 35.5. The number of ether oxygens (including phenoxy) is 1. The molecule has 1 aliphatic rings. The molecule has 3 heterocycles. The Hall–Kier alpha value is -3.82. The number of anilines is 1. The van der Waals surface area contributed by atoms with E-state index in [1.165, 1.54) is 23.2 Å². The molecule has 0 aliphatic carbocycles. The van der Waals surface area contributed by atoms with E-state index in [9.17, 15) is 19.1 Å². The van der Waals surface area contributed by atoms with E-state index in [0.29, 0.717) is 33.8 Å². The van der Waals surface area contributed by atoms with Gasteiger partial charge in [0.05, 0.1) is 33.1 Å². The zero-order valence-corrected chi connectivity index (χ0v) is 22.3. The number of aliphatic hydroxyl groups excluding tert-OH is 1. The third kappa shape index (κ3) is 4.41. The van der Waals surface area contributed by atoms with Crippen LogP contribution < -0.4 is 9.64 Å². The lowest BCUT2D eigenvalue weighted by atomic mass is 9.94. The number of hydrogen-bond acceptors (Lipinski definition) is 7. The summed E-state index contributed by atoms with van der Waals surface area (Å²) in [6.45, 7) is 6.36. The van der Waals surface area contributed by atoms with Gasteiger partial charge in [0.1, 0.15) is 23.4 Å². The van der Waals surface area contributed by atoms with E-state index in [1.54, 1.807) is 36.4 Å². The monoisotopic (exact) mass is 551 g/mol. The summed E-state index contributed by atoms with van der Waals surface area (Å²) in [5, 5.41) is 11.5. The van der Waals surface area contributed by atoms with Crippen molar-refractivity contribution in [2.24, 2.45) is 0 Å². The normalized spacial score (nSPS) is 17.1. The number of benzene rings is 2. The van der Waals surface area contributed by atoms with Crippen LogP contribution in [0.2, 0.25) is 5.02 Å². The number of fused-ring (bicyclic) bond motifs is 1. The van der Waals surface area contributed by atoms with E-state index in [-0.39, 0.29) is 27.4 Å². The maximum atomic E-state index is 14.1. The lowest BCUT2D eigenvalue weighted by Gasteiger charge is -2.22. The molecule has 2 aromatic carbocycles. The number of Topliss-reactive ketones (excluding diaryl/α,β-unsaturated/α-hetero) is 1. The van der Waals surface area contributed by atoms with Crippen LogP contribution in [0.4, 0.5) is 9.52 Å². The van der Waals surface area contributed by atoms with Crippen LogP contribution in [0.3, 0.4) is 0 Å². The number of rotatable bonds is 6. The number of hydrogen-bond donors (Lipinski definition) is 1. The van der Waals surface area contributed by atoms with Crippen molar-refractivity contribution in [3.05, 3.63) is 88.0 Å². The minimum absolute atomic E-state index is 0.0771. The van der Waals surface area contributed by atoms with E-state index < -0.39 is 23.5 Å². The summed E-state index contributed by atoms with van der Waals surface area (Å²) in [5.74, 6) is -1.94. The van der Waals surface area contributed by atoms with Gasteiger partial charge in [0.25, 0.3) is 5.78 Å². The Labute approximate surface area is 227 Å². The first kappa shape index (κ1) is 25.8. The lowest BCUT2D eigenvalue weighted by molar-refractivity contribution is -0.132. The molecule has 4 aromatic rings. The van der Waals surface area contributed by atoms with Crippen molar-refractivity contribution in [3.8, 4) is 5.75 Å². The number of pyridine rings is 1. The fourth-order valence-electron chi connectivity index (χ4n) is 4.45. The van der Waals surface area contributed by atoms with E-state index in [2.05, 4.69) is 9.97 Å². The Balaban J connectivity index is 1.70. The first-order valence-corrected chi connectivity index (χ1v) is 13.1. The summed E-state index contributed by atoms with van der Waals surface area (Å²) in [6, 6.07) is 11.8. The molecule has 2 aromatic heterocycles.